The summed E-state index contributed by atoms with van der Waals surface area (Å²) in [5.74, 6) is -0.386. The number of rotatable bonds is 7. The number of aliphatic hydroxyl groups excluding tert-OH is 1. The van der Waals surface area contributed by atoms with Crippen LogP contribution in [0.2, 0.25) is 0 Å². The van der Waals surface area contributed by atoms with E-state index in [1.165, 1.54) is 23.9 Å². The van der Waals surface area contributed by atoms with Crippen molar-refractivity contribution >= 4 is 22.0 Å². The number of imidazole rings is 1. The van der Waals surface area contributed by atoms with Gasteiger partial charge in [0.2, 0.25) is 5.88 Å². The van der Waals surface area contributed by atoms with Crippen molar-refractivity contribution in [2.75, 3.05) is 26.7 Å². The predicted molar refractivity (Wildman–Crippen MR) is 123 cm³/mol. The summed E-state index contributed by atoms with van der Waals surface area (Å²) >= 11 is 0. The highest BCUT2D eigenvalue weighted by molar-refractivity contribution is 7.89. The second-order valence-corrected chi connectivity index (χ2v) is 10.4. The normalized spacial score (nSPS) is 20.5. The number of likely N-dealkylation sites (N-methyl/N-ethyl adjacent to an activating group) is 1. The number of ether oxygens (including phenoxy) is 1. The molecular formula is C22H31N5O5S. The fourth-order valence-corrected chi connectivity index (χ4v) is 4.80. The summed E-state index contributed by atoms with van der Waals surface area (Å²) in [4.78, 5) is 23.2. The number of nitrogens with zero attached hydrogens (tertiary/aromatic N) is 5. The van der Waals surface area contributed by atoms with Gasteiger partial charge in [-0.25, -0.2) is 18.4 Å². The number of aliphatic hydroxyl groups is 1. The Morgan fingerprint density at radius 2 is 2.12 bits per heavy atom. The van der Waals surface area contributed by atoms with Crippen molar-refractivity contribution in [3.05, 3.63) is 42.0 Å². The second-order valence-electron chi connectivity index (χ2n) is 8.41. The number of fused-ring (bicyclic) bond motifs is 1. The van der Waals surface area contributed by atoms with E-state index in [2.05, 4.69) is 9.97 Å². The molecule has 0 aliphatic carbocycles. The van der Waals surface area contributed by atoms with Gasteiger partial charge in [0, 0.05) is 39.0 Å². The summed E-state index contributed by atoms with van der Waals surface area (Å²) < 4.78 is 34.9. The minimum atomic E-state index is -3.83. The zero-order valence-corrected chi connectivity index (χ0v) is 20.4. The first-order chi connectivity index (χ1) is 15.6. The van der Waals surface area contributed by atoms with Crippen LogP contribution in [0.1, 0.15) is 36.7 Å². The van der Waals surface area contributed by atoms with Gasteiger partial charge in [-0.05, 0) is 25.5 Å². The number of hydrogen-bond acceptors (Lipinski definition) is 7. The van der Waals surface area contributed by atoms with Gasteiger partial charge in [-0.15, -0.1) is 0 Å². The van der Waals surface area contributed by atoms with Gasteiger partial charge in [0.15, 0.2) is 5.03 Å². The molecule has 0 fully saturated rings. The first kappa shape index (κ1) is 24.9. The largest absolute Gasteiger partial charge is 0.472 e. The van der Waals surface area contributed by atoms with E-state index in [0.29, 0.717) is 0 Å². The molecule has 1 N–H and O–H groups in total. The van der Waals surface area contributed by atoms with E-state index >= 15 is 0 Å². The SMILES string of the molecule is C/C=C/c1cnc2c(c1)C(=O)N([C@H](C)CO)C[C@H](C)[C@@H](CN(C)S(=O)(=O)c1cn(C)cn1)O2. The van der Waals surface area contributed by atoms with Crippen LogP contribution in [0.3, 0.4) is 0 Å². The molecule has 1 amide bonds. The molecule has 10 nitrogen and oxygen atoms in total. The Morgan fingerprint density at radius 3 is 2.73 bits per heavy atom. The Morgan fingerprint density at radius 1 is 1.39 bits per heavy atom. The number of carbonyl (C=O) groups excluding carboxylic acids is 1. The van der Waals surface area contributed by atoms with Crippen molar-refractivity contribution in [1.82, 2.24) is 23.7 Å². The lowest BCUT2D eigenvalue weighted by molar-refractivity contribution is 0.0373. The molecule has 0 saturated heterocycles. The van der Waals surface area contributed by atoms with Crippen LogP contribution < -0.4 is 4.74 Å². The van der Waals surface area contributed by atoms with E-state index in [-0.39, 0.29) is 48.0 Å². The summed E-state index contributed by atoms with van der Waals surface area (Å²) in [5, 5.41) is 9.69. The molecule has 3 rings (SSSR count). The first-order valence-electron chi connectivity index (χ1n) is 10.7. The van der Waals surface area contributed by atoms with Gasteiger partial charge in [-0.1, -0.05) is 19.1 Å². The van der Waals surface area contributed by atoms with Crippen molar-refractivity contribution in [3.8, 4) is 5.88 Å². The van der Waals surface area contributed by atoms with Crippen molar-refractivity contribution in [1.29, 1.82) is 0 Å². The molecule has 180 valence electrons. The standard InChI is InChI=1S/C22H31N5O5S/c1-6-7-17-8-18-21(23-9-17)32-19(15(2)10-27(22(18)29)16(3)13-28)11-26(5)33(30,31)20-12-25(4)14-24-20/h6-9,12,14-16,19,28H,10-11,13H2,1-5H3/b7-6+/t15-,16+,19+/m0/s1. The van der Waals surface area contributed by atoms with Crippen molar-refractivity contribution in [3.63, 3.8) is 0 Å². The van der Waals surface area contributed by atoms with Crippen molar-refractivity contribution < 1.29 is 23.1 Å². The molecule has 0 unspecified atom stereocenters. The average Bonchev–Trinajstić information content (AvgIpc) is 3.23. The highest BCUT2D eigenvalue weighted by Gasteiger charge is 2.36. The van der Waals surface area contributed by atoms with Crippen LogP contribution in [0.5, 0.6) is 5.88 Å². The number of carbonyl (C=O) groups is 1. The van der Waals surface area contributed by atoms with Gasteiger partial charge >= 0.3 is 0 Å². The third kappa shape index (κ3) is 5.26. The third-order valence-electron chi connectivity index (χ3n) is 5.69. The molecule has 11 heteroatoms. The third-order valence-corrected chi connectivity index (χ3v) is 7.40. The lowest BCUT2D eigenvalue weighted by Crippen LogP contribution is -2.50. The van der Waals surface area contributed by atoms with Crippen LogP contribution in [0.25, 0.3) is 6.08 Å². The topological polar surface area (TPSA) is 118 Å². The van der Waals surface area contributed by atoms with E-state index < -0.39 is 22.2 Å². The quantitative estimate of drug-likeness (QED) is 0.640. The zero-order chi connectivity index (χ0) is 24.3. The van der Waals surface area contributed by atoms with Crippen LogP contribution in [0.15, 0.2) is 35.9 Å². The van der Waals surface area contributed by atoms with Crippen molar-refractivity contribution in [2.45, 2.75) is 37.9 Å². The lowest BCUT2D eigenvalue weighted by atomic mass is 10.00. The van der Waals surface area contributed by atoms with Crippen LogP contribution >= 0.6 is 0 Å². The predicted octanol–water partition coefficient (Wildman–Crippen LogP) is 1.39. The minimum Gasteiger partial charge on any atom is -0.472 e. The lowest BCUT2D eigenvalue weighted by Gasteiger charge is -2.37. The molecule has 1 aliphatic heterocycles. The summed E-state index contributed by atoms with van der Waals surface area (Å²) in [6, 6.07) is 1.27. The van der Waals surface area contributed by atoms with Crippen LogP contribution in [-0.2, 0) is 17.1 Å². The van der Waals surface area contributed by atoms with Crippen LogP contribution in [0.4, 0.5) is 0 Å². The highest BCUT2D eigenvalue weighted by Crippen LogP contribution is 2.28. The Labute approximate surface area is 194 Å². The second kappa shape index (κ2) is 10.0. The first-order valence-corrected chi connectivity index (χ1v) is 12.2. The smallest absolute Gasteiger partial charge is 0.261 e. The number of aryl methyl sites for hydroxylation is 1. The monoisotopic (exact) mass is 477 g/mol. The maximum Gasteiger partial charge on any atom is 0.261 e. The van der Waals surface area contributed by atoms with E-state index in [0.717, 1.165) is 5.56 Å². The summed E-state index contributed by atoms with van der Waals surface area (Å²) in [6.45, 7) is 5.64. The molecule has 0 spiro atoms. The maximum atomic E-state index is 13.3. The fourth-order valence-electron chi connectivity index (χ4n) is 3.65. The average molecular weight is 478 g/mol. The number of allylic oxidation sites excluding steroid dienone is 1. The molecule has 1 aliphatic rings. The van der Waals surface area contributed by atoms with E-state index in [4.69, 9.17) is 4.74 Å². The van der Waals surface area contributed by atoms with Gasteiger partial charge in [0.1, 0.15) is 11.7 Å². The van der Waals surface area contributed by atoms with Gasteiger partial charge in [0.25, 0.3) is 15.9 Å². The van der Waals surface area contributed by atoms with E-state index in [9.17, 15) is 18.3 Å². The Bertz CT molecular complexity index is 1130. The number of sulfonamides is 1. The van der Waals surface area contributed by atoms with Gasteiger partial charge in [-0.3, -0.25) is 4.79 Å². The summed E-state index contributed by atoms with van der Waals surface area (Å²) in [5.41, 5.74) is 1.02. The Balaban J connectivity index is 1.97. The molecule has 3 atom stereocenters. The number of aromatic nitrogens is 3. The fraction of sp³-hybridized carbons (Fsp3) is 0.500. The number of pyridine rings is 1. The molecule has 0 bridgehead atoms. The minimum absolute atomic E-state index is 0.0351. The molecule has 3 heterocycles. The van der Waals surface area contributed by atoms with Gasteiger partial charge < -0.3 is 19.3 Å². The summed E-state index contributed by atoms with van der Waals surface area (Å²) in [7, 11) is -0.655. The van der Waals surface area contributed by atoms with Crippen molar-refractivity contribution in [2.24, 2.45) is 13.0 Å². The number of amides is 1. The Kier molecular flexibility index (Phi) is 7.55. The van der Waals surface area contributed by atoms with E-state index in [1.807, 2.05) is 26.0 Å². The van der Waals surface area contributed by atoms with Gasteiger partial charge in [0.05, 0.1) is 25.5 Å². The zero-order valence-electron chi connectivity index (χ0n) is 19.5. The molecule has 2 aromatic rings. The number of hydrogen-bond donors (Lipinski definition) is 1. The molecule has 0 radical (unpaired) electrons. The molecule has 2 aromatic heterocycles. The van der Waals surface area contributed by atoms with Crippen LogP contribution in [-0.4, -0.2) is 82.1 Å². The van der Waals surface area contributed by atoms with E-state index in [1.54, 1.807) is 35.7 Å². The molecular weight excluding hydrogens is 446 g/mol. The molecule has 33 heavy (non-hydrogen) atoms. The van der Waals surface area contributed by atoms with Gasteiger partial charge in [-0.2, -0.15) is 4.31 Å². The highest BCUT2D eigenvalue weighted by atomic mass is 32.2. The van der Waals surface area contributed by atoms with Crippen LogP contribution in [0, 0.1) is 5.92 Å². The maximum absolute atomic E-state index is 13.3. The molecule has 0 saturated carbocycles. The Hall–Kier alpha value is -2.76. The summed E-state index contributed by atoms with van der Waals surface area (Å²) in [6.07, 6.45) is 7.55. The molecule has 0 aromatic carbocycles.